The summed E-state index contributed by atoms with van der Waals surface area (Å²) in [4.78, 5) is 2.50. The topological polar surface area (TPSA) is 3.24 Å². The summed E-state index contributed by atoms with van der Waals surface area (Å²) in [5, 5.41) is 0. The van der Waals surface area contributed by atoms with Gasteiger partial charge in [-0.25, -0.2) is 0 Å². The minimum absolute atomic E-state index is 1.14. The Hall–Kier alpha value is -1.24. The van der Waals surface area contributed by atoms with E-state index >= 15 is 0 Å². The summed E-state index contributed by atoms with van der Waals surface area (Å²) in [6.45, 7) is 6.73. The largest absolute Gasteiger partial charge is 0.371 e. The molecule has 1 aromatic rings. The fourth-order valence-electron chi connectivity index (χ4n) is 2.03. The lowest BCUT2D eigenvalue weighted by Crippen LogP contribution is -2.25. The zero-order chi connectivity index (χ0) is 11.4. The van der Waals surface area contributed by atoms with Gasteiger partial charge in [-0.15, -0.1) is 0 Å². The second-order valence-electron chi connectivity index (χ2n) is 4.43. The SMILES string of the molecule is CCCN(CCC1=C[CH]1)c1ccccc1C. The maximum atomic E-state index is 2.50. The molecule has 1 aliphatic rings. The van der Waals surface area contributed by atoms with Crippen molar-refractivity contribution < 1.29 is 0 Å². The number of anilines is 1. The number of rotatable bonds is 6. The Kier molecular flexibility index (Phi) is 3.66. The first kappa shape index (κ1) is 11.3. The third-order valence-electron chi connectivity index (χ3n) is 3.02. The highest BCUT2D eigenvalue weighted by molar-refractivity contribution is 5.53. The standard InChI is InChI=1S/C15H20N/c1-3-11-16(12-10-14-8-9-14)15-7-5-4-6-13(15)2/h4-9H,3,10-12H2,1-2H3. The van der Waals surface area contributed by atoms with Gasteiger partial charge in [0.25, 0.3) is 0 Å². The Morgan fingerprint density at radius 1 is 1.12 bits per heavy atom. The summed E-state index contributed by atoms with van der Waals surface area (Å²) in [5.74, 6) is 0. The molecule has 1 aromatic carbocycles. The third kappa shape index (κ3) is 2.88. The first-order valence-corrected chi connectivity index (χ1v) is 6.15. The average molecular weight is 214 g/mol. The molecule has 0 N–H and O–H groups in total. The van der Waals surface area contributed by atoms with Crippen LogP contribution in [0.5, 0.6) is 0 Å². The van der Waals surface area contributed by atoms with Crippen molar-refractivity contribution in [2.75, 3.05) is 18.0 Å². The van der Waals surface area contributed by atoms with Gasteiger partial charge in [0.1, 0.15) is 0 Å². The van der Waals surface area contributed by atoms with E-state index in [0.717, 1.165) is 13.1 Å². The lowest BCUT2D eigenvalue weighted by Gasteiger charge is -2.25. The normalized spacial score (nSPS) is 13.5. The van der Waals surface area contributed by atoms with Crippen molar-refractivity contribution in [2.24, 2.45) is 0 Å². The molecule has 85 valence electrons. The van der Waals surface area contributed by atoms with Crippen LogP contribution in [-0.2, 0) is 0 Å². The van der Waals surface area contributed by atoms with E-state index in [2.05, 4.69) is 55.5 Å². The van der Waals surface area contributed by atoms with E-state index in [4.69, 9.17) is 0 Å². The van der Waals surface area contributed by atoms with Gasteiger partial charge in [-0.05, 0) is 31.4 Å². The Bertz CT molecular complexity index is 379. The van der Waals surface area contributed by atoms with Crippen LogP contribution in [0.2, 0.25) is 0 Å². The van der Waals surface area contributed by atoms with Gasteiger partial charge in [0, 0.05) is 25.2 Å². The van der Waals surface area contributed by atoms with Crippen LogP contribution in [0.4, 0.5) is 5.69 Å². The number of allylic oxidation sites excluding steroid dienone is 1. The van der Waals surface area contributed by atoms with Crippen molar-refractivity contribution in [2.45, 2.75) is 26.7 Å². The molecule has 0 saturated heterocycles. The molecule has 0 amide bonds. The third-order valence-corrected chi connectivity index (χ3v) is 3.02. The summed E-state index contributed by atoms with van der Waals surface area (Å²) in [6, 6.07) is 8.67. The van der Waals surface area contributed by atoms with Crippen LogP contribution in [0.1, 0.15) is 25.3 Å². The van der Waals surface area contributed by atoms with Crippen LogP contribution in [0, 0.1) is 13.3 Å². The van der Waals surface area contributed by atoms with Crippen LogP contribution in [0.15, 0.2) is 35.9 Å². The first-order chi connectivity index (χ1) is 7.81. The smallest absolute Gasteiger partial charge is 0.0396 e. The number of para-hydroxylation sites is 1. The molecular weight excluding hydrogens is 194 g/mol. The van der Waals surface area contributed by atoms with Gasteiger partial charge in [-0.3, -0.25) is 0 Å². The molecule has 0 unspecified atom stereocenters. The molecule has 0 aromatic heterocycles. The Morgan fingerprint density at radius 2 is 1.88 bits per heavy atom. The van der Waals surface area contributed by atoms with E-state index in [9.17, 15) is 0 Å². The van der Waals surface area contributed by atoms with Gasteiger partial charge in [-0.2, -0.15) is 0 Å². The Morgan fingerprint density at radius 3 is 2.50 bits per heavy atom. The van der Waals surface area contributed by atoms with Crippen LogP contribution < -0.4 is 4.90 Å². The molecule has 0 saturated carbocycles. The quantitative estimate of drug-likeness (QED) is 0.697. The maximum Gasteiger partial charge on any atom is 0.0396 e. The van der Waals surface area contributed by atoms with E-state index in [1.54, 1.807) is 0 Å². The zero-order valence-electron chi connectivity index (χ0n) is 10.2. The molecular formula is C15H20N. The van der Waals surface area contributed by atoms with E-state index < -0.39 is 0 Å². The molecule has 1 nitrogen and oxygen atoms in total. The van der Waals surface area contributed by atoms with Gasteiger partial charge < -0.3 is 4.90 Å². The van der Waals surface area contributed by atoms with Gasteiger partial charge in [0.15, 0.2) is 0 Å². The summed E-state index contributed by atoms with van der Waals surface area (Å²) >= 11 is 0. The molecule has 0 atom stereocenters. The van der Waals surface area contributed by atoms with Crippen LogP contribution in [0.3, 0.4) is 0 Å². The first-order valence-electron chi connectivity index (χ1n) is 6.15. The fraction of sp³-hybridized carbons (Fsp3) is 0.400. The molecule has 0 bridgehead atoms. The van der Waals surface area contributed by atoms with Gasteiger partial charge in [-0.1, -0.05) is 36.8 Å². The maximum absolute atomic E-state index is 2.50. The molecule has 2 rings (SSSR count). The molecule has 16 heavy (non-hydrogen) atoms. The fourth-order valence-corrected chi connectivity index (χ4v) is 2.03. The lowest BCUT2D eigenvalue weighted by atomic mass is 10.1. The highest BCUT2D eigenvalue weighted by atomic mass is 15.1. The van der Waals surface area contributed by atoms with Crippen LogP contribution >= 0.6 is 0 Å². The molecule has 0 heterocycles. The molecule has 1 aliphatic carbocycles. The average Bonchev–Trinajstić information content (AvgIpc) is 3.09. The Labute approximate surface area is 98.8 Å². The van der Waals surface area contributed by atoms with Crippen molar-refractivity contribution in [1.82, 2.24) is 0 Å². The van der Waals surface area contributed by atoms with Gasteiger partial charge in [0.2, 0.25) is 0 Å². The van der Waals surface area contributed by atoms with E-state index in [0.29, 0.717) is 0 Å². The zero-order valence-corrected chi connectivity index (χ0v) is 10.2. The van der Waals surface area contributed by atoms with Gasteiger partial charge in [0.05, 0.1) is 0 Å². The van der Waals surface area contributed by atoms with Crippen molar-refractivity contribution >= 4 is 5.69 Å². The molecule has 0 fully saturated rings. The molecule has 1 radical (unpaired) electrons. The summed E-state index contributed by atoms with van der Waals surface area (Å²) in [7, 11) is 0. The minimum atomic E-state index is 1.14. The summed E-state index contributed by atoms with van der Waals surface area (Å²) < 4.78 is 0. The summed E-state index contributed by atoms with van der Waals surface area (Å²) in [5.41, 5.74) is 4.28. The van der Waals surface area contributed by atoms with Crippen molar-refractivity contribution in [1.29, 1.82) is 0 Å². The van der Waals surface area contributed by atoms with E-state index in [1.807, 2.05) is 0 Å². The summed E-state index contributed by atoms with van der Waals surface area (Å²) in [6.07, 6.45) is 6.81. The van der Waals surface area contributed by atoms with Gasteiger partial charge >= 0.3 is 0 Å². The second kappa shape index (κ2) is 5.20. The van der Waals surface area contributed by atoms with Crippen molar-refractivity contribution in [3.63, 3.8) is 0 Å². The predicted molar refractivity (Wildman–Crippen MR) is 70.7 cm³/mol. The molecule has 0 spiro atoms. The predicted octanol–water partition coefficient (Wildman–Crippen LogP) is 3.75. The van der Waals surface area contributed by atoms with Crippen LogP contribution in [0.25, 0.3) is 0 Å². The molecule has 0 aliphatic heterocycles. The number of hydrogen-bond acceptors (Lipinski definition) is 1. The Balaban J connectivity index is 2.04. The number of benzene rings is 1. The number of aryl methyl sites for hydroxylation is 1. The van der Waals surface area contributed by atoms with Crippen molar-refractivity contribution in [3.8, 4) is 0 Å². The monoisotopic (exact) mass is 214 g/mol. The van der Waals surface area contributed by atoms with Crippen LogP contribution in [-0.4, -0.2) is 13.1 Å². The number of hydrogen-bond donors (Lipinski definition) is 0. The minimum Gasteiger partial charge on any atom is -0.371 e. The van der Waals surface area contributed by atoms with E-state index in [-0.39, 0.29) is 0 Å². The highest BCUT2D eigenvalue weighted by Crippen LogP contribution is 2.24. The highest BCUT2D eigenvalue weighted by Gasteiger charge is 2.12. The number of nitrogens with zero attached hydrogens (tertiary/aromatic N) is 1. The second-order valence-corrected chi connectivity index (χ2v) is 4.43. The van der Waals surface area contributed by atoms with E-state index in [1.165, 1.54) is 29.7 Å². The molecule has 1 heteroatoms. The lowest BCUT2D eigenvalue weighted by molar-refractivity contribution is 0.758. The van der Waals surface area contributed by atoms with Crippen molar-refractivity contribution in [3.05, 3.63) is 47.9 Å².